The fraction of sp³-hybridized carbons (Fsp3) is 0.727. The second kappa shape index (κ2) is 4.89. The highest BCUT2D eigenvalue weighted by Crippen LogP contribution is 2.34. The summed E-state index contributed by atoms with van der Waals surface area (Å²) in [5.41, 5.74) is 3.09. The van der Waals surface area contributed by atoms with Gasteiger partial charge in [0, 0.05) is 18.0 Å². The van der Waals surface area contributed by atoms with E-state index in [0.717, 1.165) is 12.5 Å². The first kappa shape index (κ1) is 10.1. The Labute approximate surface area is 89.8 Å². The molecule has 1 saturated carbocycles. The summed E-state index contributed by atoms with van der Waals surface area (Å²) in [7, 11) is 0. The minimum Gasteiger partial charge on any atom is -0.308 e. The van der Waals surface area contributed by atoms with Gasteiger partial charge in [0.05, 0.1) is 11.2 Å². The van der Waals surface area contributed by atoms with Gasteiger partial charge in [0.1, 0.15) is 0 Å². The predicted molar refractivity (Wildman–Crippen MR) is 60.4 cm³/mol. The van der Waals surface area contributed by atoms with Crippen molar-refractivity contribution >= 4 is 11.3 Å². The Kier molecular flexibility index (Phi) is 3.54. The second-order valence-corrected chi connectivity index (χ2v) is 4.86. The molecule has 1 aliphatic carbocycles. The lowest BCUT2D eigenvalue weighted by Gasteiger charge is -2.15. The Morgan fingerprint density at radius 1 is 1.64 bits per heavy atom. The van der Waals surface area contributed by atoms with Gasteiger partial charge in [-0.15, -0.1) is 11.3 Å². The molecule has 1 N–H and O–H groups in total. The normalized spacial score (nSPS) is 18.4. The van der Waals surface area contributed by atoms with Gasteiger partial charge in [-0.3, -0.25) is 0 Å². The van der Waals surface area contributed by atoms with Crippen molar-refractivity contribution in [3.05, 3.63) is 16.6 Å². The third-order valence-corrected chi connectivity index (χ3v) is 3.50. The van der Waals surface area contributed by atoms with Gasteiger partial charge in [0.15, 0.2) is 0 Å². The van der Waals surface area contributed by atoms with Crippen molar-refractivity contribution in [1.82, 2.24) is 10.3 Å². The van der Waals surface area contributed by atoms with E-state index < -0.39 is 0 Å². The highest BCUT2D eigenvalue weighted by molar-refractivity contribution is 7.07. The lowest BCUT2D eigenvalue weighted by Crippen LogP contribution is -2.28. The Hall–Kier alpha value is -0.410. The molecule has 0 saturated heterocycles. The zero-order chi connectivity index (χ0) is 9.80. The van der Waals surface area contributed by atoms with E-state index in [1.165, 1.54) is 31.4 Å². The molecule has 3 heteroatoms. The molecule has 1 aromatic rings. The minimum absolute atomic E-state index is 0.698. The highest BCUT2D eigenvalue weighted by Gasteiger charge is 2.24. The highest BCUT2D eigenvalue weighted by atomic mass is 32.1. The van der Waals surface area contributed by atoms with Gasteiger partial charge in [-0.05, 0) is 18.8 Å². The maximum Gasteiger partial charge on any atom is 0.0795 e. The van der Waals surface area contributed by atoms with Crippen molar-refractivity contribution in [2.45, 2.75) is 45.2 Å². The molecule has 14 heavy (non-hydrogen) atoms. The van der Waals surface area contributed by atoms with Crippen LogP contribution in [-0.2, 0) is 6.54 Å². The maximum absolute atomic E-state index is 4.27. The quantitative estimate of drug-likeness (QED) is 0.781. The molecule has 1 aromatic heterocycles. The van der Waals surface area contributed by atoms with E-state index in [0.29, 0.717) is 6.04 Å². The summed E-state index contributed by atoms with van der Waals surface area (Å²) in [5, 5.41) is 5.71. The lowest BCUT2D eigenvalue weighted by atomic mass is 10.1. The molecule has 1 aliphatic rings. The molecule has 0 spiro atoms. The number of hydrogen-bond donors (Lipinski definition) is 1. The van der Waals surface area contributed by atoms with E-state index in [2.05, 4.69) is 22.6 Å². The molecule has 78 valence electrons. The van der Waals surface area contributed by atoms with Crippen molar-refractivity contribution in [1.29, 1.82) is 0 Å². The SMILES string of the molecule is CCC(CC1CC1)NCc1cscn1. The Morgan fingerprint density at radius 3 is 3.07 bits per heavy atom. The zero-order valence-electron chi connectivity index (χ0n) is 8.70. The first-order chi connectivity index (χ1) is 6.88. The molecule has 1 fully saturated rings. The molecule has 0 aromatic carbocycles. The molecule has 1 atom stereocenters. The third kappa shape index (κ3) is 3.07. The summed E-state index contributed by atoms with van der Waals surface area (Å²) in [4.78, 5) is 4.27. The van der Waals surface area contributed by atoms with Crippen LogP contribution in [0.25, 0.3) is 0 Å². The van der Waals surface area contributed by atoms with Gasteiger partial charge in [-0.2, -0.15) is 0 Å². The monoisotopic (exact) mass is 210 g/mol. The van der Waals surface area contributed by atoms with Crippen molar-refractivity contribution in [2.75, 3.05) is 0 Å². The van der Waals surface area contributed by atoms with E-state index in [-0.39, 0.29) is 0 Å². The van der Waals surface area contributed by atoms with Crippen LogP contribution < -0.4 is 5.32 Å². The topological polar surface area (TPSA) is 24.9 Å². The fourth-order valence-corrected chi connectivity index (χ4v) is 2.28. The van der Waals surface area contributed by atoms with E-state index in [1.807, 2.05) is 5.51 Å². The van der Waals surface area contributed by atoms with E-state index in [4.69, 9.17) is 0 Å². The summed E-state index contributed by atoms with van der Waals surface area (Å²) in [6, 6.07) is 0.698. The summed E-state index contributed by atoms with van der Waals surface area (Å²) in [5.74, 6) is 1.02. The maximum atomic E-state index is 4.27. The fourth-order valence-electron chi connectivity index (χ4n) is 1.72. The van der Waals surface area contributed by atoms with Crippen LogP contribution in [-0.4, -0.2) is 11.0 Å². The number of nitrogens with zero attached hydrogens (tertiary/aromatic N) is 1. The Balaban J connectivity index is 1.71. The van der Waals surface area contributed by atoms with E-state index in [9.17, 15) is 0 Å². The van der Waals surface area contributed by atoms with E-state index in [1.54, 1.807) is 11.3 Å². The number of aromatic nitrogens is 1. The molecule has 1 heterocycles. The predicted octanol–water partition coefficient (Wildman–Crippen LogP) is 2.81. The van der Waals surface area contributed by atoms with Gasteiger partial charge in [-0.1, -0.05) is 19.8 Å². The van der Waals surface area contributed by atoms with Crippen LogP contribution in [0.5, 0.6) is 0 Å². The molecule has 2 nitrogen and oxygen atoms in total. The van der Waals surface area contributed by atoms with Crippen molar-refractivity contribution in [3.8, 4) is 0 Å². The molecule has 0 bridgehead atoms. The van der Waals surface area contributed by atoms with Gasteiger partial charge >= 0.3 is 0 Å². The number of nitrogens with one attached hydrogen (secondary N) is 1. The third-order valence-electron chi connectivity index (χ3n) is 2.86. The van der Waals surface area contributed by atoms with E-state index >= 15 is 0 Å². The summed E-state index contributed by atoms with van der Waals surface area (Å²) >= 11 is 1.67. The number of thiazole rings is 1. The Bertz CT molecular complexity index is 254. The van der Waals surface area contributed by atoms with Crippen LogP contribution in [0.4, 0.5) is 0 Å². The van der Waals surface area contributed by atoms with Crippen molar-refractivity contribution in [3.63, 3.8) is 0 Å². The summed E-state index contributed by atoms with van der Waals surface area (Å²) < 4.78 is 0. The average Bonchev–Trinajstić information content (AvgIpc) is 2.86. The summed E-state index contributed by atoms with van der Waals surface area (Å²) in [6.45, 7) is 3.20. The molecule has 0 aliphatic heterocycles. The molecule has 0 radical (unpaired) electrons. The first-order valence-corrected chi connectivity index (χ1v) is 6.43. The van der Waals surface area contributed by atoms with Gasteiger partial charge in [0.2, 0.25) is 0 Å². The van der Waals surface area contributed by atoms with Gasteiger partial charge in [0.25, 0.3) is 0 Å². The molecule has 0 amide bonds. The summed E-state index contributed by atoms with van der Waals surface area (Å²) in [6.07, 6.45) is 5.50. The van der Waals surface area contributed by atoms with Crippen LogP contribution >= 0.6 is 11.3 Å². The van der Waals surface area contributed by atoms with Crippen LogP contribution in [0, 0.1) is 5.92 Å². The average molecular weight is 210 g/mol. The van der Waals surface area contributed by atoms with Crippen molar-refractivity contribution < 1.29 is 0 Å². The van der Waals surface area contributed by atoms with Crippen LogP contribution in [0.2, 0.25) is 0 Å². The first-order valence-electron chi connectivity index (χ1n) is 5.49. The van der Waals surface area contributed by atoms with Gasteiger partial charge < -0.3 is 5.32 Å². The molecular formula is C11H18N2S. The Morgan fingerprint density at radius 2 is 2.50 bits per heavy atom. The van der Waals surface area contributed by atoms with Crippen LogP contribution in [0.15, 0.2) is 10.9 Å². The zero-order valence-corrected chi connectivity index (χ0v) is 9.52. The van der Waals surface area contributed by atoms with Gasteiger partial charge in [-0.25, -0.2) is 4.98 Å². The van der Waals surface area contributed by atoms with Crippen LogP contribution in [0.1, 0.15) is 38.3 Å². The number of rotatable bonds is 6. The molecule has 2 rings (SSSR count). The van der Waals surface area contributed by atoms with Crippen molar-refractivity contribution in [2.24, 2.45) is 5.92 Å². The standard InChI is InChI=1S/C11H18N2S/c1-2-10(5-9-3-4-9)12-6-11-7-14-8-13-11/h7-10,12H,2-6H2,1H3. The smallest absolute Gasteiger partial charge is 0.0795 e. The largest absolute Gasteiger partial charge is 0.308 e. The number of hydrogen-bond acceptors (Lipinski definition) is 3. The van der Waals surface area contributed by atoms with Crippen LogP contribution in [0.3, 0.4) is 0 Å². The lowest BCUT2D eigenvalue weighted by molar-refractivity contribution is 0.443. The minimum atomic E-state index is 0.698. The second-order valence-electron chi connectivity index (χ2n) is 4.14. The molecule has 1 unspecified atom stereocenters. The molecular weight excluding hydrogens is 192 g/mol.